The van der Waals surface area contributed by atoms with Crippen LogP contribution in [0.5, 0.6) is 0 Å². The molecular weight excluding hydrogens is 142 g/mol. The number of allylic oxidation sites excluding steroid dienone is 1. The SMILES string of the molecule is C=C(C)Cc1nnc(NC)o1. The van der Waals surface area contributed by atoms with Gasteiger partial charge in [-0.3, -0.25) is 0 Å². The minimum atomic E-state index is 0.446. The highest BCUT2D eigenvalue weighted by atomic mass is 16.4. The van der Waals surface area contributed by atoms with Gasteiger partial charge in [-0.05, 0) is 6.92 Å². The van der Waals surface area contributed by atoms with Gasteiger partial charge in [-0.1, -0.05) is 17.3 Å². The van der Waals surface area contributed by atoms with Crippen LogP contribution in [0.15, 0.2) is 16.6 Å². The maximum atomic E-state index is 5.15. The van der Waals surface area contributed by atoms with Crippen LogP contribution in [0.1, 0.15) is 12.8 Å². The van der Waals surface area contributed by atoms with E-state index in [-0.39, 0.29) is 0 Å². The lowest BCUT2D eigenvalue weighted by Crippen LogP contribution is -1.85. The standard InChI is InChI=1S/C7H11N3O/c1-5(2)4-6-9-10-7(8-3)11-6/h1,4H2,2-3H3,(H,8,10). The molecule has 1 N–H and O–H groups in total. The Labute approximate surface area is 65.3 Å². The van der Waals surface area contributed by atoms with Gasteiger partial charge in [0.05, 0.1) is 0 Å². The first kappa shape index (κ1) is 7.78. The van der Waals surface area contributed by atoms with E-state index in [4.69, 9.17) is 4.42 Å². The molecule has 1 aromatic heterocycles. The molecule has 0 unspecified atom stereocenters. The molecule has 0 saturated carbocycles. The summed E-state index contributed by atoms with van der Waals surface area (Å²) in [4.78, 5) is 0. The number of aromatic nitrogens is 2. The van der Waals surface area contributed by atoms with E-state index in [1.165, 1.54) is 0 Å². The van der Waals surface area contributed by atoms with E-state index in [9.17, 15) is 0 Å². The summed E-state index contributed by atoms with van der Waals surface area (Å²) < 4.78 is 5.15. The first-order valence-electron chi connectivity index (χ1n) is 3.37. The topological polar surface area (TPSA) is 51.0 Å². The lowest BCUT2D eigenvalue weighted by molar-refractivity contribution is 0.518. The highest BCUT2D eigenvalue weighted by molar-refractivity contribution is 5.15. The fourth-order valence-corrected chi connectivity index (χ4v) is 0.684. The smallest absolute Gasteiger partial charge is 0.315 e. The van der Waals surface area contributed by atoms with Crippen LogP contribution in [-0.2, 0) is 6.42 Å². The van der Waals surface area contributed by atoms with Gasteiger partial charge in [0.2, 0.25) is 5.89 Å². The van der Waals surface area contributed by atoms with Crippen LogP contribution in [0.3, 0.4) is 0 Å². The Morgan fingerprint density at radius 3 is 2.82 bits per heavy atom. The van der Waals surface area contributed by atoms with Crippen molar-refractivity contribution in [2.24, 2.45) is 0 Å². The summed E-state index contributed by atoms with van der Waals surface area (Å²) in [6.07, 6.45) is 0.648. The maximum absolute atomic E-state index is 5.15. The largest absolute Gasteiger partial charge is 0.408 e. The number of nitrogens with zero attached hydrogens (tertiary/aromatic N) is 2. The van der Waals surface area contributed by atoms with Crippen molar-refractivity contribution in [1.82, 2.24) is 10.2 Å². The predicted octanol–water partition coefficient (Wildman–Crippen LogP) is 1.23. The Morgan fingerprint density at radius 2 is 2.36 bits per heavy atom. The summed E-state index contributed by atoms with van der Waals surface area (Å²) in [5, 5.41) is 10.3. The quantitative estimate of drug-likeness (QED) is 0.663. The minimum absolute atomic E-state index is 0.446. The van der Waals surface area contributed by atoms with Crippen molar-refractivity contribution in [2.75, 3.05) is 12.4 Å². The molecule has 0 fully saturated rings. The van der Waals surface area contributed by atoms with E-state index in [1.807, 2.05) is 6.92 Å². The maximum Gasteiger partial charge on any atom is 0.315 e. The Bertz CT molecular complexity index is 254. The van der Waals surface area contributed by atoms with Gasteiger partial charge in [0.1, 0.15) is 0 Å². The molecule has 1 aromatic rings. The molecule has 0 spiro atoms. The monoisotopic (exact) mass is 153 g/mol. The van der Waals surface area contributed by atoms with Crippen molar-refractivity contribution in [2.45, 2.75) is 13.3 Å². The third-order valence-corrected chi connectivity index (χ3v) is 1.13. The van der Waals surface area contributed by atoms with E-state index in [1.54, 1.807) is 7.05 Å². The van der Waals surface area contributed by atoms with E-state index >= 15 is 0 Å². The molecule has 11 heavy (non-hydrogen) atoms. The summed E-state index contributed by atoms with van der Waals surface area (Å²) in [7, 11) is 1.73. The van der Waals surface area contributed by atoms with Crippen molar-refractivity contribution in [3.8, 4) is 0 Å². The molecule has 0 bridgehead atoms. The zero-order chi connectivity index (χ0) is 8.27. The van der Waals surface area contributed by atoms with E-state index in [0.29, 0.717) is 18.3 Å². The number of nitrogens with one attached hydrogen (secondary N) is 1. The lowest BCUT2D eigenvalue weighted by Gasteiger charge is -1.90. The third kappa shape index (κ3) is 2.07. The van der Waals surface area contributed by atoms with Crippen LogP contribution in [0.2, 0.25) is 0 Å². The molecule has 0 aliphatic heterocycles. The van der Waals surface area contributed by atoms with Crippen molar-refractivity contribution >= 4 is 6.01 Å². The van der Waals surface area contributed by atoms with Gasteiger partial charge in [0.25, 0.3) is 0 Å². The first-order valence-corrected chi connectivity index (χ1v) is 3.37. The van der Waals surface area contributed by atoms with Gasteiger partial charge >= 0.3 is 6.01 Å². The Balaban J connectivity index is 2.65. The van der Waals surface area contributed by atoms with Crippen LogP contribution in [0.25, 0.3) is 0 Å². The van der Waals surface area contributed by atoms with Gasteiger partial charge in [-0.2, -0.15) is 0 Å². The molecule has 4 heteroatoms. The van der Waals surface area contributed by atoms with Gasteiger partial charge in [-0.15, -0.1) is 5.10 Å². The number of anilines is 1. The van der Waals surface area contributed by atoms with Crippen molar-refractivity contribution in [3.05, 3.63) is 18.0 Å². The molecule has 0 atom stereocenters. The highest BCUT2D eigenvalue weighted by Gasteiger charge is 2.02. The molecule has 0 amide bonds. The van der Waals surface area contributed by atoms with E-state index < -0.39 is 0 Å². The second-order valence-electron chi connectivity index (χ2n) is 2.38. The van der Waals surface area contributed by atoms with E-state index in [2.05, 4.69) is 22.1 Å². The van der Waals surface area contributed by atoms with Crippen LogP contribution in [-0.4, -0.2) is 17.2 Å². The Hall–Kier alpha value is -1.32. The van der Waals surface area contributed by atoms with Gasteiger partial charge < -0.3 is 9.73 Å². The second kappa shape index (κ2) is 3.18. The summed E-state index contributed by atoms with van der Waals surface area (Å²) in [6, 6.07) is 0.446. The zero-order valence-corrected chi connectivity index (χ0v) is 6.72. The highest BCUT2D eigenvalue weighted by Crippen LogP contribution is 2.07. The van der Waals surface area contributed by atoms with Crippen LogP contribution in [0.4, 0.5) is 6.01 Å². The first-order chi connectivity index (χ1) is 5.22. The third-order valence-electron chi connectivity index (χ3n) is 1.13. The molecule has 4 nitrogen and oxygen atoms in total. The zero-order valence-electron chi connectivity index (χ0n) is 6.72. The molecule has 1 rings (SSSR count). The number of hydrogen-bond acceptors (Lipinski definition) is 4. The molecule has 0 saturated heterocycles. The lowest BCUT2D eigenvalue weighted by atomic mass is 10.2. The van der Waals surface area contributed by atoms with Crippen LogP contribution < -0.4 is 5.32 Å². The summed E-state index contributed by atoms with van der Waals surface area (Å²) in [5.41, 5.74) is 1.01. The summed E-state index contributed by atoms with van der Waals surface area (Å²) in [5.74, 6) is 0.599. The average molecular weight is 153 g/mol. The molecule has 1 heterocycles. The summed E-state index contributed by atoms with van der Waals surface area (Å²) in [6.45, 7) is 5.66. The molecule has 0 aliphatic rings. The van der Waals surface area contributed by atoms with Crippen LogP contribution in [0, 0.1) is 0 Å². The predicted molar refractivity (Wildman–Crippen MR) is 42.4 cm³/mol. The molecule has 60 valence electrons. The molecule has 0 radical (unpaired) electrons. The fraction of sp³-hybridized carbons (Fsp3) is 0.429. The number of rotatable bonds is 3. The fourth-order valence-electron chi connectivity index (χ4n) is 0.684. The molecular formula is C7H11N3O. The minimum Gasteiger partial charge on any atom is -0.408 e. The van der Waals surface area contributed by atoms with Crippen LogP contribution >= 0.6 is 0 Å². The van der Waals surface area contributed by atoms with Gasteiger partial charge in [0.15, 0.2) is 0 Å². The molecule has 0 aliphatic carbocycles. The normalized spacial score (nSPS) is 9.64. The number of hydrogen-bond donors (Lipinski definition) is 1. The van der Waals surface area contributed by atoms with E-state index in [0.717, 1.165) is 5.57 Å². The van der Waals surface area contributed by atoms with Gasteiger partial charge in [0, 0.05) is 13.5 Å². The molecule has 0 aromatic carbocycles. The van der Waals surface area contributed by atoms with Gasteiger partial charge in [-0.25, -0.2) is 0 Å². The van der Waals surface area contributed by atoms with Crippen molar-refractivity contribution in [1.29, 1.82) is 0 Å². The average Bonchev–Trinajstić information content (AvgIpc) is 2.34. The Morgan fingerprint density at radius 1 is 1.64 bits per heavy atom. The Kier molecular flexibility index (Phi) is 2.25. The summed E-state index contributed by atoms with van der Waals surface area (Å²) >= 11 is 0. The van der Waals surface area contributed by atoms with Crippen molar-refractivity contribution in [3.63, 3.8) is 0 Å². The second-order valence-corrected chi connectivity index (χ2v) is 2.38. The van der Waals surface area contributed by atoms with Crippen molar-refractivity contribution < 1.29 is 4.42 Å².